The Kier molecular flexibility index (Phi) is 3.82. The predicted molar refractivity (Wildman–Crippen MR) is 62.2 cm³/mol. The van der Waals surface area contributed by atoms with Gasteiger partial charge in [0.05, 0.1) is 11.5 Å². The maximum absolute atomic E-state index is 11.2. The quantitative estimate of drug-likeness (QED) is 0.558. The average molecular weight is 262 g/mol. The Labute approximate surface area is 98.5 Å². The van der Waals surface area contributed by atoms with Gasteiger partial charge in [-0.25, -0.2) is 13.4 Å². The summed E-state index contributed by atoms with van der Waals surface area (Å²) in [5.74, 6) is 1.45. The highest BCUT2D eigenvalue weighted by Gasteiger charge is 2.26. The minimum absolute atomic E-state index is 0.125. The third-order valence-corrected chi connectivity index (χ3v) is 5.05. The van der Waals surface area contributed by atoms with Gasteiger partial charge in [-0.15, -0.1) is 0 Å². The van der Waals surface area contributed by atoms with E-state index in [1.165, 1.54) is 6.33 Å². The van der Waals surface area contributed by atoms with Crippen molar-refractivity contribution >= 4 is 21.6 Å². The highest BCUT2D eigenvalue weighted by molar-refractivity contribution is 7.99. The second-order valence-electron chi connectivity index (χ2n) is 3.69. The summed E-state index contributed by atoms with van der Waals surface area (Å²) >= 11 is 1.57. The molecule has 1 aromatic heterocycles. The van der Waals surface area contributed by atoms with Crippen molar-refractivity contribution in [2.45, 2.75) is 17.6 Å². The molecule has 0 aliphatic carbocycles. The molecule has 1 aromatic rings. The highest BCUT2D eigenvalue weighted by atomic mass is 32.2. The van der Waals surface area contributed by atoms with E-state index in [1.54, 1.807) is 11.8 Å². The van der Waals surface area contributed by atoms with Crippen LogP contribution < -0.4 is 5.32 Å². The largest absolute Gasteiger partial charge is 0.312 e. The second-order valence-corrected chi connectivity index (χ2v) is 7.01. The van der Waals surface area contributed by atoms with E-state index in [-0.39, 0.29) is 11.8 Å². The standard InChI is InChI=1S/C8H14N4O2S2/c13-16(14)4-1-7(5-16)9-2-3-15-8-10-6-11-12-8/h6-7,9H,1-5H2,(H,10,11,12). The van der Waals surface area contributed by atoms with E-state index in [0.29, 0.717) is 5.75 Å². The molecule has 2 heterocycles. The summed E-state index contributed by atoms with van der Waals surface area (Å²) in [6.07, 6.45) is 2.20. The number of aromatic amines is 1. The number of nitrogens with zero attached hydrogens (tertiary/aromatic N) is 2. The highest BCUT2D eigenvalue weighted by Crippen LogP contribution is 2.12. The van der Waals surface area contributed by atoms with Gasteiger partial charge >= 0.3 is 0 Å². The van der Waals surface area contributed by atoms with Crippen molar-refractivity contribution in [1.29, 1.82) is 0 Å². The fraction of sp³-hybridized carbons (Fsp3) is 0.750. The van der Waals surface area contributed by atoms with E-state index in [9.17, 15) is 8.42 Å². The first kappa shape index (κ1) is 11.9. The zero-order valence-electron chi connectivity index (χ0n) is 8.72. The lowest BCUT2D eigenvalue weighted by molar-refractivity contribution is 0.574. The maximum atomic E-state index is 11.2. The Morgan fingerprint density at radius 1 is 1.62 bits per heavy atom. The van der Waals surface area contributed by atoms with Crippen LogP contribution in [0.1, 0.15) is 6.42 Å². The molecular formula is C8H14N4O2S2. The minimum Gasteiger partial charge on any atom is -0.312 e. The molecular weight excluding hydrogens is 248 g/mol. The Balaban J connectivity index is 1.62. The van der Waals surface area contributed by atoms with Crippen LogP contribution in [0.5, 0.6) is 0 Å². The van der Waals surface area contributed by atoms with Gasteiger partial charge in [-0.1, -0.05) is 11.8 Å². The monoisotopic (exact) mass is 262 g/mol. The molecule has 0 aromatic carbocycles. The summed E-state index contributed by atoms with van der Waals surface area (Å²) in [6.45, 7) is 0.783. The van der Waals surface area contributed by atoms with Gasteiger partial charge in [0.1, 0.15) is 6.33 Å². The molecule has 1 atom stereocenters. The van der Waals surface area contributed by atoms with Crippen molar-refractivity contribution in [2.75, 3.05) is 23.8 Å². The fourth-order valence-electron chi connectivity index (χ4n) is 1.63. The molecule has 0 saturated carbocycles. The van der Waals surface area contributed by atoms with Crippen LogP contribution in [-0.4, -0.2) is 53.4 Å². The number of nitrogens with one attached hydrogen (secondary N) is 2. The fourth-order valence-corrected chi connectivity index (χ4v) is 3.99. The third kappa shape index (κ3) is 3.46. The van der Waals surface area contributed by atoms with E-state index in [0.717, 1.165) is 23.9 Å². The average Bonchev–Trinajstić information content (AvgIpc) is 2.82. The number of aromatic nitrogens is 3. The van der Waals surface area contributed by atoms with Gasteiger partial charge in [0.15, 0.2) is 15.0 Å². The van der Waals surface area contributed by atoms with Gasteiger partial charge in [0.25, 0.3) is 0 Å². The van der Waals surface area contributed by atoms with Crippen LogP contribution in [0.15, 0.2) is 11.5 Å². The van der Waals surface area contributed by atoms with Gasteiger partial charge < -0.3 is 5.32 Å². The predicted octanol–water partition coefficient (Wildman–Crippen LogP) is -0.327. The van der Waals surface area contributed by atoms with E-state index in [1.807, 2.05) is 0 Å². The number of hydrogen-bond donors (Lipinski definition) is 2. The number of sulfone groups is 1. The lowest BCUT2D eigenvalue weighted by atomic mass is 10.3. The van der Waals surface area contributed by atoms with Crippen LogP contribution in [0.2, 0.25) is 0 Å². The first-order chi connectivity index (χ1) is 7.66. The van der Waals surface area contributed by atoms with Gasteiger partial charge in [0.2, 0.25) is 0 Å². The summed E-state index contributed by atoms with van der Waals surface area (Å²) in [5, 5.41) is 10.5. The smallest absolute Gasteiger partial charge is 0.183 e. The Bertz CT molecular complexity index is 417. The van der Waals surface area contributed by atoms with Crippen LogP contribution in [0, 0.1) is 0 Å². The van der Waals surface area contributed by atoms with Gasteiger partial charge in [0, 0.05) is 18.3 Å². The summed E-state index contributed by atoms with van der Waals surface area (Å²) in [5.41, 5.74) is 0. The van der Waals surface area contributed by atoms with Crippen molar-refractivity contribution < 1.29 is 8.42 Å². The van der Waals surface area contributed by atoms with E-state index in [4.69, 9.17) is 0 Å². The lowest BCUT2D eigenvalue weighted by Gasteiger charge is -2.09. The Morgan fingerprint density at radius 3 is 3.12 bits per heavy atom. The summed E-state index contributed by atoms with van der Waals surface area (Å²) in [7, 11) is -2.77. The number of H-pyrrole nitrogens is 1. The molecule has 8 heteroatoms. The summed E-state index contributed by atoms with van der Waals surface area (Å²) in [4.78, 5) is 3.98. The van der Waals surface area contributed by atoms with E-state index >= 15 is 0 Å². The molecule has 2 N–H and O–H groups in total. The molecule has 16 heavy (non-hydrogen) atoms. The van der Waals surface area contributed by atoms with Crippen molar-refractivity contribution in [2.24, 2.45) is 0 Å². The van der Waals surface area contributed by atoms with Crippen LogP contribution >= 0.6 is 11.8 Å². The second kappa shape index (κ2) is 5.15. The van der Waals surface area contributed by atoms with Gasteiger partial charge in [-0.2, -0.15) is 5.10 Å². The van der Waals surface area contributed by atoms with Crippen LogP contribution in [-0.2, 0) is 9.84 Å². The lowest BCUT2D eigenvalue weighted by Crippen LogP contribution is -2.31. The number of thioether (sulfide) groups is 1. The van der Waals surface area contributed by atoms with Crippen molar-refractivity contribution in [1.82, 2.24) is 20.5 Å². The molecule has 2 rings (SSSR count). The van der Waals surface area contributed by atoms with Crippen LogP contribution in [0.4, 0.5) is 0 Å². The topological polar surface area (TPSA) is 87.7 Å². The maximum Gasteiger partial charge on any atom is 0.183 e. The zero-order chi connectivity index (χ0) is 11.4. The Morgan fingerprint density at radius 2 is 2.50 bits per heavy atom. The zero-order valence-corrected chi connectivity index (χ0v) is 10.4. The number of hydrogen-bond acceptors (Lipinski definition) is 6. The van der Waals surface area contributed by atoms with E-state index < -0.39 is 9.84 Å². The van der Waals surface area contributed by atoms with Crippen molar-refractivity contribution in [3.63, 3.8) is 0 Å². The molecule has 1 saturated heterocycles. The molecule has 90 valence electrons. The third-order valence-electron chi connectivity index (χ3n) is 2.40. The molecule has 1 aliphatic rings. The van der Waals surface area contributed by atoms with Crippen LogP contribution in [0.25, 0.3) is 0 Å². The first-order valence-corrected chi connectivity index (χ1v) is 7.88. The van der Waals surface area contributed by atoms with Crippen LogP contribution in [0.3, 0.4) is 0 Å². The first-order valence-electron chi connectivity index (χ1n) is 5.08. The normalized spacial score (nSPS) is 23.6. The molecule has 0 spiro atoms. The molecule has 0 radical (unpaired) electrons. The minimum atomic E-state index is -2.77. The van der Waals surface area contributed by atoms with Gasteiger partial charge in [-0.05, 0) is 6.42 Å². The number of rotatable bonds is 5. The van der Waals surface area contributed by atoms with Gasteiger partial charge in [-0.3, -0.25) is 5.10 Å². The summed E-state index contributed by atoms with van der Waals surface area (Å²) in [6, 6.07) is 0.125. The summed E-state index contributed by atoms with van der Waals surface area (Å²) < 4.78 is 22.4. The molecule has 1 aliphatic heterocycles. The molecule has 0 bridgehead atoms. The molecule has 1 unspecified atom stereocenters. The van der Waals surface area contributed by atoms with Crippen molar-refractivity contribution in [3.8, 4) is 0 Å². The van der Waals surface area contributed by atoms with E-state index in [2.05, 4.69) is 20.5 Å². The van der Waals surface area contributed by atoms with Crippen molar-refractivity contribution in [3.05, 3.63) is 6.33 Å². The SMILES string of the molecule is O=S1(=O)CCC(NCCSc2ncn[nH]2)C1. The molecule has 1 fully saturated rings. The molecule has 0 amide bonds. The molecule has 6 nitrogen and oxygen atoms in total. The Hall–Kier alpha value is -0.600.